The molecule has 0 spiro atoms. The van der Waals surface area contributed by atoms with E-state index in [2.05, 4.69) is 56.3 Å². The lowest BCUT2D eigenvalue weighted by Crippen LogP contribution is -2.05. The fraction of sp³-hybridized carbons (Fsp3) is 0.333. The number of allylic oxidation sites excluding steroid dienone is 4. The molecule has 0 N–H and O–H groups in total. The minimum atomic E-state index is 0.431. The van der Waals surface area contributed by atoms with Gasteiger partial charge in [0.1, 0.15) is 0 Å². The molecule has 15 heavy (non-hydrogen) atoms. The molecule has 0 radical (unpaired) electrons. The number of benzene rings is 1. The van der Waals surface area contributed by atoms with Gasteiger partial charge in [-0.3, -0.25) is 0 Å². The topological polar surface area (TPSA) is 0 Å². The molecule has 0 aromatic heterocycles. The maximum Gasteiger partial charge on any atom is -0.0000201 e. The molecular formula is C15H16. The highest BCUT2D eigenvalue weighted by Crippen LogP contribution is 2.62. The van der Waals surface area contributed by atoms with Crippen LogP contribution in [0.3, 0.4) is 0 Å². The van der Waals surface area contributed by atoms with Gasteiger partial charge in [0.25, 0.3) is 0 Å². The summed E-state index contributed by atoms with van der Waals surface area (Å²) >= 11 is 0. The van der Waals surface area contributed by atoms with Crippen LogP contribution in [0.15, 0.2) is 42.5 Å². The summed E-state index contributed by atoms with van der Waals surface area (Å²) in [5.41, 5.74) is 4.80. The molecule has 1 saturated carbocycles. The number of rotatable bonds is 1. The third-order valence-corrected chi connectivity index (χ3v) is 3.96. The van der Waals surface area contributed by atoms with Crippen LogP contribution in [0.4, 0.5) is 0 Å². The molecule has 0 nitrogen and oxygen atoms in total. The number of aryl methyl sites for hydroxylation is 1. The normalized spacial score (nSPS) is 32.1. The molecule has 0 amide bonds. The zero-order valence-corrected chi connectivity index (χ0v) is 9.33. The Labute approximate surface area is 91.3 Å². The lowest BCUT2D eigenvalue weighted by atomic mass is 9.84. The Morgan fingerprint density at radius 3 is 2.87 bits per heavy atom. The van der Waals surface area contributed by atoms with Gasteiger partial charge in [-0.15, -0.1) is 0 Å². The maximum atomic E-state index is 2.39. The van der Waals surface area contributed by atoms with E-state index >= 15 is 0 Å². The number of hydrogen-bond donors (Lipinski definition) is 0. The zero-order chi connectivity index (χ0) is 10.5. The zero-order valence-electron chi connectivity index (χ0n) is 9.33. The molecule has 1 aromatic carbocycles. The van der Waals surface area contributed by atoms with Gasteiger partial charge in [-0.1, -0.05) is 49.4 Å². The van der Waals surface area contributed by atoms with E-state index in [4.69, 9.17) is 0 Å². The van der Waals surface area contributed by atoms with E-state index in [1.165, 1.54) is 23.1 Å². The molecule has 0 heterocycles. The average Bonchev–Trinajstić information content (AvgIpc) is 2.90. The Kier molecular flexibility index (Phi) is 1.70. The predicted octanol–water partition coefficient (Wildman–Crippen LogP) is 3.97. The van der Waals surface area contributed by atoms with E-state index < -0.39 is 0 Å². The van der Waals surface area contributed by atoms with Crippen LogP contribution >= 0.6 is 0 Å². The SMILES string of the molecule is Cc1ccccc1C1=CC=CC2CC12C. The first-order valence-corrected chi connectivity index (χ1v) is 5.67. The summed E-state index contributed by atoms with van der Waals surface area (Å²) in [6, 6.07) is 8.71. The van der Waals surface area contributed by atoms with Gasteiger partial charge in [-0.2, -0.15) is 0 Å². The van der Waals surface area contributed by atoms with Crippen LogP contribution in [0.2, 0.25) is 0 Å². The average molecular weight is 196 g/mol. The van der Waals surface area contributed by atoms with Crippen molar-refractivity contribution in [3.8, 4) is 0 Å². The first-order chi connectivity index (χ1) is 7.22. The van der Waals surface area contributed by atoms with Gasteiger partial charge in [-0.25, -0.2) is 0 Å². The second kappa shape index (κ2) is 2.85. The van der Waals surface area contributed by atoms with Gasteiger partial charge >= 0.3 is 0 Å². The van der Waals surface area contributed by atoms with Crippen molar-refractivity contribution in [1.82, 2.24) is 0 Å². The molecule has 2 unspecified atom stereocenters. The highest BCUT2D eigenvalue weighted by atomic mass is 14.6. The molecule has 0 bridgehead atoms. The second-order valence-corrected chi connectivity index (χ2v) is 5.01. The molecule has 1 aromatic rings. The smallest absolute Gasteiger partial charge is 0.0000201 e. The molecule has 0 saturated heterocycles. The van der Waals surface area contributed by atoms with E-state index in [9.17, 15) is 0 Å². The highest BCUT2D eigenvalue weighted by molar-refractivity contribution is 5.77. The minimum Gasteiger partial charge on any atom is -0.0805 e. The molecule has 2 aliphatic rings. The number of hydrogen-bond acceptors (Lipinski definition) is 0. The van der Waals surface area contributed by atoms with Crippen LogP contribution in [0.25, 0.3) is 5.57 Å². The van der Waals surface area contributed by atoms with E-state index in [0.29, 0.717) is 5.41 Å². The van der Waals surface area contributed by atoms with Crippen molar-refractivity contribution in [1.29, 1.82) is 0 Å². The molecule has 76 valence electrons. The summed E-state index contributed by atoms with van der Waals surface area (Å²) in [5, 5.41) is 0. The van der Waals surface area contributed by atoms with Gasteiger partial charge in [0, 0.05) is 0 Å². The van der Waals surface area contributed by atoms with Crippen molar-refractivity contribution in [2.24, 2.45) is 11.3 Å². The molecule has 2 aliphatic carbocycles. The van der Waals surface area contributed by atoms with Crippen molar-refractivity contribution in [3.05, 3.63) is 53.6 Å². The fourth-order valence-electron chi connectivity index (χ4n) is 2.74. The minimum absolute atomic E-state index is 0.431. The lowest BCUT2D eigenvalue weighted by Gasteiger charge is -2.20. The van der Waals surface area contributed by atoms with Crippen LogP contribution in [0.1, 0.15) is 24.5 Å². The summed E-state index contributed by atoms with van der Waals surface area (Å²) in [5.74, 6) is 0.789. The molecule has 3 rings (SSSR count). The molecule has 2 atom stereocenters. The van der Waals surface area contributed by atoms with Crippen molar-refractivity contribution in [2.75, 3.05) is 0 Å². The van der Waals surface area contributed by atoms with Gasteiger partial charge in [0.05, 0.1) is 0 Å². The van der Waals surface area contributed by atoms with Crippen LogP contribution in [-0.4, -0.2) is 0 Å². The Morgan fingerprint density at radius 2 is 2.07 bits per heavy atom. The van der Waals surface area contributed by atoms with E-state index in [0.717, 1.165) is 5.92 Å². The molecule has 0 heteroatoms. The summed E-state index contributed by atoms with van der Waals surface area (Å²) in [4.78, 5) is 0. The van der Waals surface area contributed by atoms with Gasteiger partial charge in [-0.05, 0) is 41.4 Å². The summed E-state index contributed by atoms with van der Waals surface area (Å²) in [6.07, 6.45) is 8.19. The van der Waals surface area contributed by atoms with Crippen LogP contribution in [-0.2, 0) is 0 Å². The highest BCUT2D eigenvalue weighted by Gasteiger charge is 2.52. The molecular weight excluding hydrogens is 180 g/mol. The van der Waals surface area contributed by atoms with Crippen LogP contribution in [0, 0.1) is 18.3 Å². The Morgan fingerprint density at radius 1 is 1.27 bits per heavy atom. The van der Waals surface area contributed by atoms with Crippen molar-refractivity contribution in [2.45, 2.75) is 20.3 Å². The Bertz CT molecular complexity index is 465. The van der Waals surface area contributed by atoms with Gasteiger partial charge in [0.2, 0.25) is 0 Å². The largest absolute Gasteiger partial charge is 0.0805 e. The molecule has 1 fully saturated rings. The third-order valence-electron chi connectivity index (χ3n) is 3.96. The third kappa shape index (κ3) is 1.21. The lowest BCUT2D eigenvalue weighted by molar-refractivity contribution is 0.713. The van der Waals surface area contributed by atoms with Crippen molar-refractivity contribution >= 4 is 5.57 Å². The summed E-state index contributed by atoms with van der Waals surface area (Å²) < 4.78 is 0. The second-order valence-electron chi connectivity index (χ2n) is 5.01. The van der Waals surface area contributed by atoms with E-state index in [-0.39, 0.29) is 0 Å². The van der Waals surface area contributed by atoms with E-state index in [1.807, 2.05) is 0 Å². The Hall–Kier alpha value is -1.30. The van der Waals surface area contributed by atoms with Crippen LogP contribution in [0.5, 0.6) is 0 Å². The predicted molar refractivity (Wildman–Crippen MR) is 64.5 cm³/mol. The Balaban J connectivity index is 2.12. The van der Waals surface area contributed by atoms with E-state index in [1.54, 1.807) is 0 Å². The standard InChI is InChI=1S/C15H16/c1-11-6-3-4-8-13(11)14-9-5-7-12-10-15(12,14)2/h3-9,12H,10H2,1-2H3. The van der Waals surface area contributed by atoms with Crippen molar-refractivity contribution < 1.29 is 0 Å². The summed E-state index contributed by atoms with van der Waals surface area (Å²) in [7, 11) is 0. The van der Waals surface area contributed by atoms with Crippen LogP contribution < -0.4 is 0 Å². The fourth-order valence-corrected chi connectivity index (χ4v) is 2.74. The summed E-state index contributed by atoms with van der Waals surface area (Å²) in [6.45, 7) is 4.59. The van der Waals surface area contributed by atoms with Gasteiger partial charge in [0.15, 0.2) is 0 Å². The molecule has 0 aliphatic heterocycles. The quantitative estimate of drug-likeness (QED) is 0.637. The monoisotopic (exact) mass is 196 g/mol. The first-order valence-electron chi connectivity index (χ1n) is 5.67. The first kappa shape index (κ1) is 8.96. The van der Waals surface area contributed by atoms with Gasteiger partial charge < -0.3 is 0 Å². The number of fused-ring (bicyclic) bond motifs is 1. The maximum absolute atomic E-state index is 2.39. The van der Waals surface area contributed by atoms with Crippen molar-refractivity contribution in [3.63, 3.8) is 0 Å².